The number of carbonyl (C=O) groups is 1. The summed E-state index contributed by atoms with van der Waals surface area (Å²) in [5.74, 6) is 0.0174. The Morgan fingerprint density at radius 2 is 2.05 bits per heavy atom. The van der Waals surface area contributed by atoms with E-state index in [9.17, 15) is 4.79 Å². The lowest BCUT2D eigenvalue weighted by atomic mass is 10.00. The number of imidazole rings is 1. The van der Waals surface area contributed by atoms with Gasteiger partial charge in [-0.25, -0.2) is 4.98 Å². The summed E-state index contributed by atoms with van der Waals surface area (Å²) in [5, 5.41) is 4.50. The highest BCUT2D eigenvalue weighted by atomic mass is 16.1. The maximum absolute atomic E-state index is 11.3. The van der Waals surface area contributed by atoms with Crippen LogP contribution < -0.4 is 11.5 Å². The van der Waals surface area contributed by atoms with Gasteiger partial charge in [0.2, 0.25) is 11.9 Å². The minimum Gasteiger partial charge on any atom is -0.370 e. The first-order valence-electron chi connectivity index (χ1n) is 6.76. The van der Waals surface area contributed by atoms with Crippen LogP contribution in [0, 0.1) is 0 Å². The molecule has 7 heteroatoms. The number of carbonyl (C=O) groups excluding carboxylic acids is 1. The van der Waals surface area contributed by atoms with E-state index in [0.29, 0.717) is 5.95 Å². The molecular weight excluding hydrogens is 256 g/mol. The lowest BCUT2D eigenvalue weighted by Crippen LogP contribution is -2.33. The molecule has 2 aromatic rings. The maximum Gasteiger partial charge on any atom is 0.219 e. The number of aryl methyl sites for hydroxylation is 2. The van der Waals surface area contributed by atoms with Crippen LogP contribution in [0.3, 0.4) is 0 Å². The summed E-state index contributed by atoms with van der Waals surface area (Å²) in [5.41, 5.74) is 13.4. The zero-order valence-electron chi connectivity index (χ0n) is 12.5. The zero-order valence-corrected chi connectivity index (χ0v) is 12.5. The Balaban J connectivity index is 2.64. The molecule has 0 aliphatic carbocycles. The van der Waals surface area contributed by atoms with Gasteiger partial charge in [0, 0.05) is 13.5 Å². The van der Waals surface area contributed by atoms with Crippen LogP contribution in [0.15, 0.2) is 0 Å². The molecule has 0 spiro atoms. The van der Waals surface area contributed by atoms with Gasteiger partial charge >= 0.3 is 0 Å². The van der Waals surface area contributed by atoms with Crippen molar-refractivity contribution in [2.45, 2.75) is 45.6 Å². The summed E-state index contributed by atoms with van der Waals surface area (Å²) in [7, 11) is 1.86. The van der Waals surface area contributed by atoms with Gasteiger partial charge in [-0.05, 0) is 20.3 Å². The van der Waals surface area contributed by atoms with Gasteiger partial charge in [0.15, 0.2) is 5.65 Å². The fourth-order valence-electron chi connectivity index (χ4n) is 2.70. The molecule has 0 radical (unpaired) electrons. The van der Waals surface area contributed by atoms with Gasteiger partial charge in [-0.15, -0.1) is 0 Å². The number of hydrogen-bond donors (Lipinski definition) is 2. The van der Waals surface area contributed by atoms with Crippen molar-refractivity contribution in [1.29, 1.82) is 0 Å². The summed E-state index contributed by atoms with van der Waals surface area (Å²) in [6.07, 6.45) is 2.03. The Morgan fingerprint density at radius 1 is 1.40 bits per heavy atom. The van der Waals surface area contributed by atoms with Gasteiger partial charge < -0.3 is 11.5 Å². The Kier molecular flexibility index (Phi) is 3.45. The van der Waals surface area contributed by atoms with Crippen molar-refractivity contribution in [1.82, 2.24) is 19.3 Å². The number of aromatic nitrogens is 4. The minimum absolute atomic E-state index is 0.191. The number of fused-ring (bicyclic) bond motifs is 1. The number of nitrogens with two attached hydrogens (primary N) is 2. The third-order valence-corrected chi connectivity index (χ3v) is 3.43. The van der Waals surface area contributed by atoms with Gasteiger partial charge in [0.25, 0.3) is 0 Å². The summed E-state index contributed by atoms with van der Waals surface area (Å²) in [6, 6.07) is 0. The number of rotatable bonds is 5. The van der Waals surface area contributed by atoms with Crippen LogP contribution in [0.1, 0.15) is 39.3 Å². The highest BCUT2D eigenvalue weighted by Crippen LogP contribution is 2.30. The summed E-state index contributed by atoms with van der Waals surface area (Å²) in [6.45, 7) is 5.93. The van der Waals surface area contributed by atoms with Gasteiger partial charge in [0.05, 0.1) is 11.2 Å². The number of amides is 1. The fraction of sp³-hybridized carbons (Fsp3) is 0.615. The summed E-state index contributed by atoms with van der Waals surface area (Å²) >= 11 is 0. The molecule has 4 N–H and O–H groups in total. The monoisotopic (exact) mass is 278 g/mol. The molecule has 0 unspecified atom stereocenters. The lowest BCUT2D eigenvalue weighted by Gasteiger charge is -2.26. The van der Waals surface area contributed by atoms with Gasteiger partial charge in [-0.1, -0.05) is 13.3 Å². The average Bonchev–Trinajstić information content (AvgIpc) is 2.76. The summed E-state index contributed by atoms with van der Waals surface area (Å²) in [4.78, 5) is 15.7. The Morgan fingerprint density at radius 3 is 2.60 bits per heavy atom. The predicted molar refractivity (Wildman–Crippen MR) is 78.0 cm³/mol. The molecule has 0 aliphatic rings. The zero-order chi connectivity index (χ0) is 15.1. The highest BCUT2D eigenvalue weighted by Gasteiger charge is 2.30. The van der Waals surface area contributed by atoms with E-state index in [1.54, 1.807) is 4.68 Å². The van der Waals surface area contributed by atoms with E-state index in [0.717, 1.165) is 29.7 Å². The van der Waals surface area contributed by atoms with E-state index in [4.69, 9.17) is 11.5 Å². The van der Waals surface area contributed by atoms with Crippen LogP contribution in [0.25, 0.3) is 11.2 Å². The first kappa shape index (κ1) is 14.4. The number of primary amides is 1. The minimum atomic E-state index is -0.540. The molecule has 2 heterocycles. The van der Waals surface area contributed by atoms with E-state index in [1.807, 2.05) is 25.5 Å². The third kappa shape index (κ3) is 2.23. The van der Waals surface area contributed by atoms with E-state index in [1.165, 1.54) is 0 Å². The predicted octanol–water partition coefficient (Wildman–Crippen LogP) is 0.915. The Labute approximate surface area is 117 Å². The fourth-order valence-corrected chi connectivity index (χ4v) is 2.70. The van der Waals surface area contributed by atoms with E-state index in [2.05, 4.69) is 17.0 Å². The molecule has 0 aromatic carbocycles. The second-order valence-corrected chi connectivity index (χ2v) is 5.75. The van der Waals surface area contributed by atoms with Crippen molar-refractivity contribution in [2.75, 3.05) is 5.73 Å². The van der Waals surface area contributed by atoms with E-state index >= 15 is 0 Å². The Hall–Kier alpha value is -2.05. The molecule has 0 saturated carbocycles. The topological polar surface area (TPSA) is 105 Å². The highest BCUT2D eigenvalue weighted by molar-refractivity contribution is 5.79. The van der Waals surface area contributed by atoms with Gasteiger partial charge in [-0.3, -0.25) is 14.0 Å². The molecule has 1 amide bonds. The number of nitrogens with zero attached hydrogens (tertiary/aromatic N) is 4. The molecule has 110 valence electrons. The summed E-state index contributed by atoms with van der Waals surface area (Å²) < 4.78 is 3.62. The van der Waals surface area contributed by atoms with Gasteiger partial charge in [-0.2, -0.15) is 5.10 Å². The van der Waals surface area contributed by atoms with Crippen molar-refractivity contribution in [2.24, 2.45) is 12.8 Å². The lowest BCUT2D eigenvalue weighted by molar-refractivity contribution is -0.119. The van der Waals surface area contributed by atoms with Crippen LogP contribution in [-0.4, -0.2) is 25.2 Å². The number of anilines is 1. The van der Waals surface area contributed by atoms with Crippen molar-refractivity contribution in [3.63, 3.8) is 0 Å². The standard InChI is InChI=1S/C13H22N6O/c1-5-6-8-10-11(18(4)17-8)19(12(15)16-10)13(2,3)7-9(14)20/h5-7H2,1-4H3,(H2,14,20)(H2,15,16). The molecule has 0 fully saturated rings. The molecule has 0 bridgehead atoms. The molecule has 2 aromatic heterocycles. The SMILES string of the molecule is CCCc1nn(C)c2c1nc(N)n2C(C)(C)CC(N)=O. The number of hydrogen-bond acceptors (Lipinski definition) is 4. The molecule has 0 atom stereocenters. The van der Waals surface area contributed by atoms with Crippen molar-refractivity contribution in [3.05, 3.63) is 5.69 Å². The van der Waals surface area contributed by atoms with E-state index in [-0.39, 0.29) is 12.3 Å². The smallest absolute Gasteiger partial charge is 0.219 e. The molecule has 20 heavy (non-hydrogen) atoms. The first-order chi connectivity index (χ1) is 9.27. The molecular formula is C13H22N6O. The third-order valence-electron chi connectivity index (χ3n) is 3.43. The normalized spacial score (nSPS) is 12.2. The molecule has 7 nitrogen and oxygen atoms in total. The average molecular weight is 278 g/mol. The van der Waals surface area contributed by atoms with Crippen LogP contribution in [0.5, 0.6) is 0 Å². The largest absolute Gasteiger partial charge is 0.370 e. The Bertz CT molecular complexity index is 651. The quantitative estimate of drug-likeness (QED) is 0.848. The van der Waals surface area contributed by atoms with Crippen LogP contribution in [0.4, 0.5) is 5.95 Å². The molecule has 0 saturated heterocycles. The number of nitrogen functional groups attached to an aromatic ring is 1. The molecule has 2 rings (SSSR count). The van der Waals surface area contributed by atoms with Crippen molar-refractivity contribution >= 4 is 23.0 Å². The van der Waals surface area contributed by atoms with E-state index < -0.39 is 5.54 Å². The first-order valence-corrected chi connectivity index (χ1v) is 6.76. The second-order valence-electron chi connectivity index (χ2n) is 5.75. The van der Waals surface area contributed by atoms with Gasteiger partial charge in [0.1, 0.15) is 5.52 Å². The van der Waals surface area contributed by atoms with Crippen molar-refractivity contribution < 1.29 is 4.79 Å². The second kappa shape index (κ2) is 4.81. The van der Waals surface area contributed by atoms with Crippen LogP contribution in [0.2, 0.25) is 0 Å². The van der Waals surface area contributed by atoms with Crippen LogP contribution in [-0.2, 0) is 23.8 Å². The maximum atomic E-state index is 11.3. The van der Waals surface area contributed by atoms with Crippen LogP contribution >= 0.6 is 0 Å². The van der Waals surface area contributed by atoms with Crippen molar-refractivity contribution in [3.8, 4) is 0 Å². The molecule has 0 aliphatic heterocycles.